The fourth-order valence-corrected chi connectivity index (χ4v) is 7.74. The Balaban J connectivity index is 1.31. The lowest BCUT2D eigenvalue weighted by Crippen LogP contribution is -2.39. The first-order chi connectivity index (χ1) is 18.0. The minimum Gasteiger partial charge on any atom is -0.341 e. The van der Waals surface area contributed by atoms with Crippen molar-refractivity contribution in [3.8, 4) is 0 Å². The molecule has 2 atom stereocenters. The number of Topliss-reactive ketones (excluding diaryl/α,β-unsaturated/α-hetero) is 1. The van der Waals surface area contributed by atoms with Gasteiger partial charge in [0.15, 0.2) is 5.78 Å². The molecule has 38 heavy (non-hydrogen) atoms. The van der Waals surface area contributed by atoms with E-state index in [-0.39, 0.29) is 23.2 Å². The van der Waals surface area contributed by atoms with E-state index in [1.54, 1.807) is 22.0 Å². The molecule has 3 aromatic heterocycles. The third-order valence-electron chi connectivity index (χ3n) is 8.51. The molecule has 2 aliphatic heterocycles. The molecule has 0 radical (unpaired) electrons. The second-order valence-corrected chi connectivity index (χ2v) is 12.9. The van der Waals surface area contributed by atoms with Gasteiger partial charge in [-0.3, -0.25) is 19.0 Å². The summed E-state index contributed by atoms with van der Waals surface area (Å²) in [4.78, 5) is 54.8. The van der Waals surface area contributed by atoms with Crippen molar-refractivity contribution in [3.05, 3.63) is 44.4 Å². The summed E-state index contributed by atoms with van der Waals surface area (Å²) in [5.74, 6) is 0.859. The first-order valence-electron chi connectivity index (χ1n) is 13.3. The predicted octanol–water partition coefficient (Wildman–Crippen LogP) is 3.49. The molecule has 1 amide bonds. The van der Waals surface area contributed by atoms with E-state index < -0.39 is 5.54 Å². The molecule has 1 saturated heterocycles. The molecule has 5 heterocycles. The van der Waals surface area contributed by atoms with Crippen molar-refractivity contribution < 1.29 is 9.59 Å². The maximum atomic E-state index is 13.5. The molecule has 0 spiro atoms. The lowest BCUT2D eigenvalue weighted by molar-refractivity contribution is -0.134. The smallest absolute Gasteiger partial charge is 0.275 e. The predicted molar refractivity (Wildman–Crippen MR) is 149 cm³/mol. The Hall–Kier alpha value is -3.11. The van der Waals surface area contributed by atoms with E-state index >= 15 is 0 Å². The van der Waals surface area contributed by atoms with Crippen LogP contribution < -0.4 is 10.9 Å². The third kappa shape index (κ3) is 3.96. The second kappa shape index (κ2) is 8.98. The molecule has 1 aliphatic carbocycles. The maximum absolute atomic E-state index is 13.5. The first kappa shape index (κ1) is 25.2. The average molecular weight is 535 g/mol. The number of amides is 1. The molecule has 10 heteroatoms. The normalized spacial score (nSPS) is 22.3. The summed E-state index contributed by atoms with van der Waals surface area (Å²) in [6.45, 7) is 7.35. The topological polar surface area (TPSA) is 100 Å². The molecular weight excluding hydrogens is 500 g/mol. The molecule has 200 valence electrons. The van der Waals surface area contributed by atoms with Crippen LogP contribution in [0.5, 0.6) is 0 Å². The van der Waals surface area contributed by atoms with E-state index in [0.717, 1.165) is 48.1 Å². The average Bonchev–Trinajstić information content (AvgIpc) is 3.55. The van der Waals surface area contributed by atoms with Crippen LogP contribution in [-0.4, -0.2) is 69.3 Å². The number of hydrogen-bond donors (Lipinski definition) is 1. The molecule has 0 unspecified atom stereocenters. The van der Waals surface area contributed by atoms with Crippen molar-refractivity contribution in [3.63, 3.8) is 0 Å². The lowest BCUT2D eigenvalue weighted by Gasteiger charge is -2.27. The van der Waals surface area contributed by atoms with Gasteiger partial charge in [-0.1, -0.05) is 0 Å². The summed E-state index contributed by atoms with van der Waals surface area (Å²) in [7, 11) is 4.16. The maximum Gasteiger partial charge on any atom is 0.275 e. The number of rotatable bonds is 4. The Morgan fingerprint density at radius 2 is 2.00 bits per heavy atom. The van der Waals surface area contributed by atoms with E-state index in [0.29, 0.717) is 36.1 Å². The van der Waals surface area contributed by atoms with Crippen LogP contribution in [0.15, 0.2) is 17.2 Å². The molecule has 0 bridgehead atoms. The van der Waals surface area contributed by atoms with E-state index in [4.69, 9.17) is 0 Å². The standard InChI is InChI=1S/C28H34N6O3S/c1-15-10-19(27(37)34-23(15)20(35)12-28(34,2)3)31-24-22-18-7-6-16(11-21(18)38-25(22)30-14-29-24)26(36)33-9-8-17(13-33)32(4)5/h10,14,16-17H,6-9,11-13H2,1-5H3,(H,29,30,31)/t16-,17-/m0/s1. The monoisotopic (exact) mass is 534 g/mol. The number of anilines is 2. The second-order valence-electron chi connectivity index (χ2n) is 11.8. The van der Waals surface area contributed by atoms with Crippen LogP contribution in [0.4, 0.5) is 11.5 Å². The van der Waals surface area contributed by atoms with Crippen molar-refractivity contribution in [2.75, 3.05) is 32.5 Å². The number of thiophene rings is 1. The van der Waals surface area contributed by atoms with Gasteiger partial charge in [-0.2, -0.15) is 0 Å². The van der Waals surface area contributed by atoms with Gasteiger partial charge in [-0.25, -0.2) is 9.97 Å². The molecule has 3 aliphatic rings. The van der Waals surface area contributed by atoms with Crippen LogP contribution in [0.3, 0.4) is 0 Å². The summed E-state index contributed by atoms with van der Waals surface area (Å²) in [6.07, 6.45) is 5.16. The number of ketones is 1. The number of fused-ring (bicyclic) bond motifs is 4. The van der Waals surface area contributed by atoms with Crippen molar-refractivity contribution in [2.24, 2.45) is 5.92 Å². The number of aromatic nitrogens is 3. The summed E-state index contributed by atoms with van der Waals surface area (Å²) in [6, 6.07) is 2.19. The van der Waals surface area contributed by atoms with Crippen molar-refractivity contribution >= 4 is 44.7 Å². The Bertz CT molecular complexity index is 1540. The zero-order valence-corrected chi connectivity index (χ0v) is 23.4. The summed E-state index contributed by atoms with van der Waals surface area (Å²) < 4.78 is 1.63. The van der Waals surface area contributed by atoms with Gasteiger partial charge in [-0.05, 0) is 77.7 Å². The van der Waals surface area contributed by atoms with E-state index in [1.807, 2.05) is 25.7 Å². The number of likely N-dealkylation sites (N-methyl/N-ethyl adjacent to an activating group) is 1. The number of hydrogen-bond acceptors (Lipinski definition) is 8. The van der Waals surface area contributed by atoms with Gasteiger partial charge < -0.3 is 15.1 Å². The number of nitrogens with one attached hydrogen (secondary N) is 1. The first-order valence-corrected chi connectivity index (χ1v) is 14.1. The van der Waals surface area contributed by atoms with E-state index in [1.165, 1.54) is 16.8 Å². The van der Waals surface area contributed by atoms with Gasteiger partial charge in [0.25, 0.3) is 5.56 Å². The Labute approximate surface area is 225 Å². The van der Waals surface area contributed by atoms with Crippen molar-refractivity contribution in [1.29, 1.82) is 0 Å². The van der Waals surface area contributed by atoms with Crippen LogP contribution >= 0.6 is 11.3 Å². The van der Waals surface area contributed by atoms with Crippen molar-refractivity contribution in [2.45, 2.75) is 64.5 Å². The van der Waals surface area contributed by atoms with Crippen molar-refractivity contribution in [1.82, 2.24) is 24.3 Å². The van der Waals surface area contributed by atoms with Crippen LogP contribution in [0.25, 0.3) is 10.2 Å². The zero-order chi connectivity index (χ0) is 26.9. The van der Waals surface area contributed by atoms with Gasteiger partial charge in [0.2, 0.25) is 5.91 Å². The molecule has 6 rings (SSSR count). The largest absolute Gasteiger partial charge is 0.341 e. The highest BCUT2D eigenvalue weighted by atomic mass is 32.1. The highest BCUT2D eigenvalue weighted by Crippen LogP contribution is 2.41. The highest BCUT2D eigenvalue weighted by Gasteiger charge is 2.39. The Morgan fingerprint density at radius 1 is 1.21 bits per heavy atom. The number of pyridine rings is 1. The number of aryl methyl sites for hydroxylation is 2. The van der Waals surface area contributed by atoms with Gasteiger partial charge >= 0.3 is 0 Å². The van der Waals surface area contributed by atoms with Gasteiger partial charge in [-0.15, -0.1) is 11.3 Å². The molecule has 0 saturated carbocycles. The molecule has 3 aromatic rings. The van der Waals surface area contributed by atoms with Crippen LogP contribution in [-0.2, 0) is 23.2 Å². The van der Waals surface area contributed by atoms with Gasteiger partial charge in [0.05, 0.1) is 16.6 Å². The molecule has 0 aromatic carbocycles. The van der Waals surface area contributed by atoms with Crippen LogP contribution in [0.1, 0.15) is 59.6 Å². The van der Waals surface area contributed by atoms with E-state index in [2.05, 4.69) is 34.3 Å². The minimum atomic E-state index is -0.571. The van der Waals surface area contributed by atoms with Gasteiger partial charge in [0, 0.05) is 36.3 Å². The molecular formula is C28H34N6O3S. The highest BCUT2D eigenvalue weighted by molar-refractivity contribution is 7.19. The number of carbonyl (C=O) groups is 2. The fraction of sp³-hybridized carbons (Fsp3) is 0.536. The number of nitrogens with zero attached hydrogens (tertiary/aromatic N) is 5. The number of carbonyl (C=O) groups excluding carboxylic acids is 2. The van der Waals surface area contributed by atoms with Crippen LogP contribution in [0.2, 0.25) is 0 Å². The summed E-state index contributed by atoms with van der Waals surface area (Å²) in [5.41, 5.74) is 2.07. The minimum absolute atomic E-state index is 0.00254. The lowest BCUT2D eigenvalue weighted by atomic mass is 9.87. The Kier molecular flexibility index (Phi) is 5.95. The van der Waals surface area contributed by atoms with Crippen LogP contribution in [0, 0.1) is 12.8 Å². The molecule has 1 N–H and O–H groups in total. The number of likely N-dealkylation sites (tertiary alicyclic amines) is 1. The quantitative estimate of drug-likeness (QED) is 0.547. The summed E-state index contributed by atoms with van der Waals surface area (Å²) in [5, 5.41) is 4.24. The SMILES string of the molecule is Cc1cc(Nc2ncnc3sc4c(c23)CC[C@H](C(=O)N2CC[C@H](N(C)C)C2)C4)c(=O)n2c1C(=O)CC2(C)C. The molecule has 1 fully saturated rings. The summed E-state index contributed by atoms with van der Waals surface area (Å²) >= 11 is 1.62. The fourth-order valence-electron chi connectivity index (χ4n) is 6.48. The zero-order valence-electron chi connectivity index (χ0n) is 22.6. The third-order valence-corrected chi connectivity index (χ3v) is 9.67. The van der Waals surface area contributed by atoms with E-state index in [9.17, 15) is 14.4 Å². The van der Waals surface area contributed by atoms with Gasteiger partial charge in [0.1, 0.15) is 22.7 Å². The Morgan fingerprint density at radius 3 is 2.74 bits per heavy atom. The molecule has 9 nitrogen and oxygen atoms in total.